The lowest BCUT2D eigenvalue weighted by atomic mass is 10.0. The zero-order valence-electron chi connectivity index (χ0n) is 23.4. The first-order valence-corrected chi connectivity index (χ1v) is 14.6. The summed E-state index contributed by atoms with van der Waals surface area (Å²) in [7, 11) is 0. The molecule has 10 heteroatoms. The first kappa shape index (κ1) is 29.9. The highest BCUT2D eigenvalue weighted by Crippen LogP contribution is 2.20. The Balaban J connectivity index is 1.57. The number of fused-ring (bicyclic) bond motifs is 1. The Kier molecular flexibility index (Phi) is 11.0. The molecule has 2 aromatic rings. The van der Waals surface area contributed by atoms with E-state index < -0.39 is 23.9 Å². The van der Waals surface area contributed by atoms with Gasteiger partial charge in [0, 0.05) is 26.1 Å². The molecule has 10 nitrogen and oxygen atoms in total. The molecule has 0 aromatic heterocycles. The monoisotopic (exact) mass is 564 g/mol. The van der Waals surface area contributed by atoms with Crippen molar-refractivity contribution >= 4 is 23.6 Å². The first-order valence-electron chi connectivity index (χ1n) is 14.6. The van der Waals surface area contributed by atoms with Crippen LogP contribution in [0.25, 0.3) is 0 Å². The highest BCUT2D eigenvalue weighted by atomic mass is 16.5. The molecule has 4 rings (SSSR count). The van der Waals surface area contributed by atoms with E-state index in [4.69, 9.17) is 4.74 Å². The standard InChI is InChI=1S/C31H40N4O6/c36-23-14-12-22(13-15-23)20-25-30(39)32-16-6-1-2-9-19-41-27-11-5-4-10-24(27)29(38)34-26(21-28(37)33-25)31(40)35-17-7-3-8-18-35/h4-5,10-15,25-26,36H,1-3,6-9,16-21H2,(H,32,39)(H,33,37)(H,34,38)/t25-,26-/m0/s1. The number of phenols is 1. The van der Waals surface area contributed by atoms with Gasteiger partial charge in [0.15, 0.2) is 0 Å². The zero-order valence-corrected chi connectivity index (χ0v) is 23.4. The number of phenolic OH excluding ortho intramolecular Hbond substituents is 1. The summed E-state index contributed by atoms with van der Waals surface area (Å²) in [5.74, 6) is -1.13. The summed E-state index contributed by atoms with van der Waals surface area (Å²) in [5, 5.41) is 18.1. The first-order chi connectivity index (χ1) is 19.9. The Morgan fingerprint density at radius 1 is 0.878 bits per heavy atom. The van der Waals surface area contributed by atoms with Gasteiger partial charge in [-0.1, -0.05) is 37.1 Å². The number of amides is 4. The van der Waals surface area contributed by atoms with Crippen LogP contribution in [0, 0.1) is 0 Å². The molecule has 4 N–H and O–H groups in total. The van der Waals surface area contributed by atoms with Crippen LogP contribution < -0.4 is 20.7 Å². The second kappa shape index (κ2) is 15.1. The summed E-state index contributed by atoms with van der Waals surface area (Å²) < 4.78 is 5.91. The SMILES string of the molecule is O=C1C[C@@H](C(=O)N2CCCCC2)NC(=O)c2ccccc2OCCCCCCNC(=O)[C@H](Cc2ccc(O)cc2)N1. The van der Waals surface area contributed by atoms with Crippen LogP contribution >= 0.6 is 0 Å². The average molecular weight is 565 g/mol. The molecule has 220 valence electrons. The second-order valence-corrected chi connectivity index (χ2v) is 10.7. The summed E-state index contributed by atoms with van der Waals surface area (Å²) in [6.45, 7) is 2.04. The number of likely N-dealkylation sites (tertiary alicyclic amines) is 1. The van der Waals surface area contributed by atoms with Crippen molar-refractivity contribution in [2.24, 2.45) is 0 Å². The molecule has 1 fully saturated rings. The number of benzene rings is 2. The third-order valence-electron chi connectivity index (χ3n) is 7.45. The van der Waals surface area contributed by atoms with Gasteiger partial charge in [-0.15, -0.1) is 0 Å². The fourth-order valence-electron chi connectivity index (χ4n) is 5.16. The van der Waals surface area contributed by atoms with Crippen LogP contribution in [0.3, 0.4) is 0 Å². The van der Waals surface area contributed by atoms with Crippen molar-refractivity contribution in [1.82, 2.24) is 20.9 Å². The Labute approximate surface area is 240 Å². The number of ether oxygens (including phenoxy) is 1. The molecule has 0 radical (unpaired) electrons. The second-order valence-electron chi connectivity index (χ2n) is 10.7. The van der Waals surface area contributed by atoms with Gasteiger partial charge in [0.05, 0.1) is 18.6 Å². The maximum absolute atomic E-state index is 13.5. The van der Waals surface area contributed by atoms with Crippen molar-refractivity contribution in [2.75, 3.05) is 26.2 Å². The number of nitrogens with one attached hydrogen (secondary N) is 3. The molecule has 1 saturated heterocycles. The molecular weight excluding hydrogens is 524 g/mol. The Hall–Kier alpha value is -4.08. The fraction of sp³-hybridized carbons (Fsp3) is 0.484. The van der Waals surface area contributed by atoms with E-state index in [-0.39, 0.29) is 30.4 Å². The van der Waals surface area contributed by atoms with E-state index >= 15 is 0 Å². The van der Waals surface area contributed by atoms with Crippen LogP contribution in [0.4, 0.5) is 0 Å². The highest BCUT2D eigenvalue weighted by molar-refractivity contribution is 6.01. The molecule has 0 saturated carbocycles. The highest BCUT2D eigenvalue weighted by Gasteiger charge is 2.31. The molecule has 4 amide bonds. The topological polar surface area (TPSA) is 137 Å². The Bertz CT molecular complexity index is 1200. The van der Waals surface area contributed by atoms with Gasteiger partial charge < -0.3 is 30.7 Å². The summed E-state index contributed by atoms with van der Waals surface area (Å²) in [5.41, 5.74) is 1.06. The molecule has 0 spiro atoms. The summed E-state index contributed by atoms with van der Waals surface area (Å²) in [4.78, 5) is 55.1. The van der Waals surface area contributed by atoms with Gasteiger partial charge >= 0.3 is 0 Å². The van der Waals surface area contributed by atoms with E-state index in [1.165, 1.54) is 12.1 Å². The van der Waals surface area contributed by atoms with E-state index in [9.17, 15) is 24.3 Å². The summed E-state index contributed by atoms with van der Waals surface area (Å²) in [6.07, 6.45) is 6.00. The molecule has 0 aliphatic carbocycles. The van der Waals surface area contributed by atoms with Gasteiger partial charge in [-0.25, -0.2) is 0 Å². The van der Waals surface area contributed by atoms with Crippen LogP contribution in [0.1, 0.15) is 67.3 Å². The third kappa shape index (κ3) is 8.96. The van der Waals surface area contributed by atoms with Crippen LogP contribution in [0.5, 0.6) is 11.5 Å². The molecule has 0 unspecified atom stereocenters. The maximum atomic E-state index is 13.5. The Morgan fingerprint density at radius 3 is 2.37 bits per heavy atom. The molecule has 2 atom stereocenters. The van der Waals surface area contributed by atoms with Crippen molar-refractivity contribution in [3.63, 3.8) is 0 Å². The molecule has 2 aliphatic rings. The van der Waals surface area contributed by atoms with Gasteiger partial charge in [0.25, 0.3) is 5.91 Å². The number of carbonyl (C=O) groups is 4. The quantitative estimate of drug-likeness (QED) is 0.453. The van der Waals surface area contributed by atoms with Crippen LogP contribution in [0.2, 0.25) is 0 Å². The van der Waals surface area contributed by atoms with Crippen LogP contribution in [0.15, 0.2) is 48.5 Å². The van der Waals surface area contributed by atoms with Gasteiger partial charge in [-0.2, -0.15) is 0 Å². The lowest BCUT2D eigenvalue weighted by Gasteiger charge is -2.31. The van der Waals surface area contributed by atoms with E-state index in [1.54, 1.807) is 41.3 Å². The van der Waals surface area contributed by atoms with Crippen molar-refractivity contribution in [3.8, 4) is 11.5 Å². The molecule has 0 bridgehead atoms. The number of rotatable bonds is 3. The lowest BCUT2D eigenvalue weighted by molar-refractivity contribution is -0.137. The van der Waals surface area contributed by atoms with E-state index in [2.05, 4.69) is 16.0 Å². The van der Waals surface area contributed by atoms with Crippen LogP contribution in [-0.4, -0.2) is 72.0 Å². The lowest BCUT2D eigenvalue weighted by Crippen LogP contribution is -2.54. The number of piperidine rings is 1. The minimum Gasteiger partial charge on any atom is -0.508 e. The average Bonchev–Trinajstić information content (AvgIpc) is 2.98. The number of hydrogen-bond donors (Lipinski definition) is 4. The predicted octanol–water partition coefficient (Wildman–Crippen LogP) is 2.69. The Morgan fingerprint density at radius 2 is 1.59 bits per heavy atom. The van der Waals surface area contributed by atoms with Gasteiger partial charge in [0.1, 0.15) is 23.6 Å². The smallest absolute Gasteiger partial charge is 0.255 e. The normalized spacial score (nSPS) is 21.7. The molecule has 41 heavy (non-hydrogen) atoms. The minimum atomic E-state index is -1.11. The molecule has 2 heterocycles. The minimum absolute atomic E-state index is 0.105. The van der Waals surface area contributed by atoms with Gasteiger partial charge in [-0.3, -0.25) is 19.2 Å². The number of para-hydroxylation sites is 1. The largest absolute Gasteiger partial charge is 0.508 e. The van der Waals surface area contributed by atoms with Crippen LogP contribution in [-0.2, 0) is 20.8 Å². The molecule has 2 aromatic carbocycles. The van der Waals surface area contributed by atoms with E-state index in [1.807, 2.05) is 0 Å². The van der Waals surface area contributed by atoms with Gasteiger partial charge in [0.2, 0.25) is 17.7 Å². The van der Waals surface area contributed by atoms with Gasteiger partial charge in [-0.05, 0) is 61.9 Å². The molecule has 2 aliphatic heterocycles. The summed E-state index contributed by atoms with van der Waals surface area (Å²) in [6, 6.07) is 11.3. The number of hydrogen-bond acceptors (Lipinski definition) is 6. The van der Waals surface area contributed by atoms with E-state index in [0.717, 1.165) is 50.5 Å². The summed E-state index contributed by atoms with van der Waals surface area (Å²) >= 11 is 0. The van der Waals surface area contributed by atoms with Crippen molar-refractivity contribution in [2.45, 2.75) is 69.9 Å². The predicted molar refractivity (Wildman–Crippen MR) is 153 cm³/mol. The number of nitrogens with zero attached hydrogens (tertiary/aromatic N) is 1. The maximum Gasteiger partial charge on any atom is 0.255 e. The number of carbonyl (C=O) groups excluding carboxylic acids is 4. The van der Waals surface area contributed by atoms with E-state index in [0.29, 0.717) is 37.6 Å². The van der Waals surface area contributed by atoms with Crippen molar-refractivity contribution < 1.29 is 29.0 Å². The zero-order chi connectivity index (χ0) is 29.0. The molecular formula is C31H40N4O6. The van der Waals surface area contributed by atoms with Crippen molar-refractivity contribution in [1.29, 1.82) is 0 Å². The number of aromatic hydroxyl groups is 1. The van der Waals surface area contributed by atoms with Crippen molar-refractivity contribution in [3.05, 3.63) is 59.7 Å². The third-order valence-corrected chi connectivity index (χ3v) is 7.45. The fourth-order valence-corrected chi connectivity index (χ4v) is 5.16.